The Balaban J connectivity index is 0. The van der Waals surface area contributed by atoms with E-state index in [9.17, 15) is 4.79 Å². The van der Waals surface area contributed by atoms with E-state index in [1.54, 1.807) is 6.20 Å². The Morgan fingerprint density at radius 1 is 0.967 bits per heavy atom. The maximum absolute atomic E-state index is 10.6. The van der Waals surface area contributed by atoms with Crippen LogP contribution in [0.3, 0.4) is 0 Å². The first-order valence-electron chi connectivity index (χ1n) is 12.8. The Kier molecular flexibility index (Phi) is 28.8. The summed E-state index contributed by atoms with van der Waals surface area (Å²) in [4.78, 5) is 16.3. The lowest BCUT2D eigenvalue weighted by molar-refractivity contribution is -0.118. The summed E-state index contributed by atoms with van der Waals surface area (Å²) in [5.74, 6) is 0.880. The van der Waals surface area contributed by atoms with E-state index in [1.165, 1.54) is 83.7 Å². The van der Waals surface area contributed by atoms with Crippen LogP contribution in [0.25, 0.3) is 0 Å². The van der Waals surface area contributed by atoms with Crippen LogP contribution >= 0.6 is 0 Å². The molecule has 0 spiro atoms. The molecule has 1 unspecified atom stereocenters. The van der Waals surface area contributed by atoms with Crippen LogP contribution in [-0.2, 0) is 4.79 Å². The number of rotatable bonds is 10. The molecule has 0 aliphatic carbocycles. The molecule has 0 radical (unpaired) electrons. The number of amides is 1. The molecule has 0 bridgehead atoms. The molecule has 0 saturated carbocycles. The number of hydrogen-bond acceptors (Lipinski definition) is 3. The Labute approximate surface area is 189 Å². The molecule has 178 valence electrons. The Hall–Kier alpha value is -1.16. The van der Waals surface area contributed by atoms with Crippen molar-refractivity contribution in [1.82, 2.24) is 10.2 Å². The van der Waals surface area contributed by atoms with Gasteiger partial charge in [-0.15, -0.1) is 0 Å². The first-order valence-corrected chi connectivity index (χ1v) is 12.8. The third kappa shape index (κ3) is 24.9. The average Bonchev–Trinajstić information content (AvgIpc) is 3.27. The second-order valence-electron chi connectivity index (χ2n) is 8.20. The van der Waals surface area contributed by atoms with E-state index in [4.69, 9.17) is 0 Å². The molecule has 2 aliphatic heterocycles. The topological polar surface area (TPSA) is 44.7 Å². The molecule has 1 N–H and O–H groups in total. The van der Waals surface area contributed by atoms with Crippen molar-refractivity contribution >= 4 is 12.6 Å². The molecular formula is C26H53N3O. The minimum absolute atomic E-state index is 0.880. The van der Waals surface area contributed by atoms with Gasteiger partial charge in [-0.25, -0.2) is 0 Å². The molecule has 2 rings (SSSR count). The first-order chi connectivity index (χ1) is 14.7. The van der Waals surface area contributed by atoms with Crippen LogP contribution in [0, 0.1) is 5.92 Å². The van der Waals surface area contributed by atoms with Crippen LogP contribution in [0.1, 0.15) is 112 Å². The Bertz CT molecular complexity index is 366. The molecule has 1 atom stereocenters. The number of likely N-dealkylation sites (tertiary alicyclic amines) is 1. The number of nitrogens with one attached hydrogen (secondary N) is 1. The van der Waals surface area contributed by atoms with E-state index in [2.05, 4.69) is 44.9 Å². The van der Waals surface area contributed by atoms with E-state index in [0.717, 1.165) is 31.8 Å². The van der Waals surface area contributed by atoms with Crippen molar-refractivity contribution in [3.63, 3.8) is 0 Å². The summed E-state index contributed by atoms with van der Waals surface area (Å²) in [6, 6.07) is 0. The van der Waals surface area contributed by atoms with E-state index in [1.807, 2.05) is 17.2 Å². The van der Waals surface area contributed by atoms with Gasteiger partial charge in [-0.05, 0) is 51.1 Å². The van der Waals surface area contributed by atoms with E-state index in [-0.39, 0.29) is 0 Å². The van der Waals surface area contributed by atoms with Gasteiger partial charge in [0.25, 0.3) is 0 Å². The molecule has 1 fully saturated rings. The SMILES string of the molecule is C1=CN=CC1.CCC.CCCCC1CCCN(C=O)CC1.CCCCCNCCC. The zero-order chi connectivity index (χ0) is 22.7. The van der Waals surface area contributed by atoms with Crippen LogP contribution in [0.5, 0.6) is 0 Å². The van der Waals surface area contributed by atoms with Crippen molar-refractivity contribution in [1.29, 1.82) is 0 Å². The summed E-state index contributed by atoms with van der Waals surface area (Å²) in [7, 11) is 0. The van der Waals surface area contributed by atoms with Crippen molar-refractivity contribution in [2.75, 3.05) is 26.2 Å². The number of nitrogens with zero attached hydrogens (tertiary/aromatic N) is 2. The predicted molar refractivity (Wildman–Crippen MR) is 135 cm³/mol. The minimum atomic E-state index is 0.880. The second kappa shape index (κ2) is 27.8. The van der Waals surface area contributed by atoms with Crippen LogP contribution < -0.4 is 5.32 Å². The molecule has 1 amide bonds. The fourth-order valence-electron chi connectivity index (χ4n) is 3.18. The van der Waals surface area contributed by atoms with Gasteiger partial charge in [0.15, 0.2) is 0 Å². The molecule has 30 heavy (non-hydrogen) atoms. The van der Waals surface area contributed by atoms with Gasteiger partial charge in [0.2, 0.25) is 6.41 Å². The van der Waals surface area contributed by atoms with Gasteiger partial charge in [-0.3, -0.25) is 9.79 Å². The highest BCUT2D eigenvalue weighted by atomic mass is 16.1. The maximum atomic E-state index is 10.6. The van der Waals surface area contributed by atoms with Gasteiger partial charge in [-0.1, -0.05) is 79.2 Å². The number of hydrogen-bond donors (Lipinski definition) is 1. The van der Waals surface area contributed by atoms with Gasteiger partial charge in [0.1, 0.15) is 0 Å². The van der Waals surface area contributed by atoms with Crippen LogP contribution in [-0.4, -0.2) is 43.7 Å². The fraction of sp³-hybridized carbons (Fsp3) is 0.846. The highest BCUT2D eigenvalue weighted by Crippen LogP contribution is 2.21. The summed E-state index contributed by atoms with van der Waals surface area (Å²) in [5, 5.41) is 3.37. The number of aliphatic imine (C=N–C) groups is 1. The lowest BCUT2D eigenvalue weighted by atomic mass is 9.95. The number of unbranched alkanes of at least 4 members (excludes halogenated alkanes) is 3. The monoisotopic (exact) mass is 423 g/mol. The lowest BCUT2D eigenvalue weighted by Crippen LogP contribution is -2.22. The fourth-order valence-corrected chi connectivity index (χ4v) is 3.18. The lowest BCUT2D eigenvalue weighted by Gasteiger charge is -2.14. The maximum Gasteiger partial charge on any atom is 0.209 e. The number of carbonyl (C=O) groups is 1. The predicted octanol–water partition coefficient (Wildman–Crippen LogP) is 7.00. The number of allylic oxidation sites excluding steroid dienone is 1. The van der Waals surface area contributed by atoms with Crippen LogP contribution in [0.15, 0.2) is 17.3 Å². The van der Waals surface area contributed by atoms with Gasteiger partial charge >= 0.3 is 0 Å². The van der Waals surface area contributed by atoms with Gasteiger partial charge in [0.05, 0.1) is 0 Å². The standard InChI is InChI=1S/C11H21NO.C8H19N.C4H5N.C3H8/c1-2-3-5-11-6-4-8-12(10-13)9-7-11;1-3-5-6-8-9-7-4-2;1-2-4-5-3-1;1-3-2/h10-11H,2-9H2,1H3;9H,3-8H2,1-2H3;1,3-4H,2H2;3H2,1-2H3. The van der Waals surface area contributed by atoms with Crippen molar-refractivity contribution in [3.8, 4) is 0 Å². The molecule has 4 heteroatoms. The van der Waals surface area contributed by atoms with Gasteiger partial charge in [0, 0.05) is 31.9 Å². The third-order valence-corrected chi connectivity index (χ3v) is 4.92. The van der Waals surface area contributed by atoms with E-state index in [0.29, 0.717) is 0 Å². The highest BCUT2D eigenvalue weighted by Gasteiger charge is 2.14. The Morgan fingerprint density at radius 3 is 2.20 bits per heavy atom. The summed E-state index contributed by atoms with van der Waals surface area (Å²) in [6.07, 6.45) is 22.0. The molecule has 0 aromatic heterocycles. The molecule has 1 saturated heterocycles. The zero-order valence-corrected chi connectivity index (χ0v) is 21.0. The van der Waals surface area contributed by atoms with Crippen molar-refractivity contribution in [3.05, 3.63) is 12.3 Å². The first kappa shape index (κ1) is 31.0. The molecule has 4 nitrogen and oxygen atoms in total. The molecular weight excluding hydrogens is 370 g/mol. The molecule has 0 aromatic rings. The quantitative estimate of drug-likeness (QED) is 0.303. The van der Waals surface area contributed by atoms with Gasteiger partial charge in [-0.2, -0.15) is 0 Å². The van der Waals surface area contributed by atoms with E-state index < -0.39 is 0 Å². The summed E-state index contributed by atoms with van der Waals surface area (Å²) >= 11 is 0. The third-order valence-electron chi connectivity index (χ3n) is 4.92. The molecule has 2 heterocycles. The summed E-state index contributed by atoms with van der Waals surface area (Å²) < 4.78 is 0. The van der Waals surface area contributed by atoms with Crippen molar-refractivity contribution < 1.29 is 4.79 Å². The largest absolute Gasteiger partial charge is 0.345 e. The smallest absolute Gasteiger partial charge is 0.209 e. The number of carbonyl (C=O) groups excluding carboxylic acids is 1. The average molecular weight is 424 g/mol. The zero-order valence-electron chi connectivity index (χ0n) is 21.0. The van der Waals surface area contributed by atoms with Crippen LogP contribution in [0.2, 0.25) is 0 Å². The Morgan fingerprint density at radius 2 is 1.70 bits per heavy atom. The summed E-state index contributed by atoms with van der Waals surface area (Å²) in [5.41, 5.74) is 0. The minimum Gasteiger partial charge on any atom is -0.345 e. The van der Waals surface area contributed by atoms with Crippen LogP contribution in [0.4, 0.5) is 0 Å². The van der Waals surface area contributed by atoms with E-state index >= 15 is 0 Å². The van der Waals surface area contributed by atoms with Gasteiger partial charge < -0.3 is 10.2 Å². The second-order valence-corrected chi connectivity index (χ2v) is 8.20. The molecule has 2 aliphatic rings. The van der Waals surface area contributed by atoms with Crippen molar-refractivity contribution in [2.45, 2.75) is 112 Å². The summed E-state index contributed by atoms with van der Waals surface area (Å²) in [6.45, 7) is 15.3. The highest BCUT2D eigenvalue weighted by molar-refractivity contribution is 5.62. The van der Waals surface area contributed by atoms with Crippen molar-refractivity contribution in [2.24, 2.45) is 10.9 Å². The normalized spacial score (nSPS) is 17.0. The molecule has 0 aromatic carbocycles.